The van der Waals surface area contributed by atoms with Crippen molar-refractivity contribution in [1.29, 1.82) is 0 Å². The number of non-ortho nitro benzene ring substituents is 1. The minimum Gasteiger partial charge on any atom is -0.374 e. The van der Waals surface area contributed by atoms with E-state index in [-0.39, 0.29) is 11.8 Å². The third kappa shape index (κ3) is 5.99. The highest BCUT2D eigenvalue weighted by Crippen LogP contribution is 2.15. The largest absolute Gasteiger partial charge is 0.374 e. The molecule has 0 bridgehead atoms. The molecule has 1 saturated heterocycles. The second-order valence-corrected chi connectivity index (χ2v) is 6.76. The maximum atomic E-state index is 10.7. The molecule has 1 heterocycles. The first kappa shape index (κ1) is 19.2. The van der Waals surface area contributed by atoms with E-state index in [0.29, 0.717) is 24.0 Å². The lowest BCUT2D eigenvalue weighted by Gasteiger charge is -2.33. The van der Waals surface area contributed by atoms with Crippen molar-refractivity contribution in [2.24, 2.45) is 0 Å². The highest BCUT2D eigenvalue weighted by Gasteiger charge is 2.20. The first-order valence-electron chi connectivity index (χ1n) is 8.77. The topological polar surface area (TPSA) is 79.7 Å². The zero-order valence-corrected chi connectivity index (χ0v) is 15.7. The predicted octanol–water partition coefficient (Wildman–Crippen LogP) is 2.78. The van der Waals surface area contributed by atoms with E-state index in [4.69, 9.17) is 17.0 Å². The SMILES string of the molecule is O=[N+]([O-])c1ccc(NC(=S)NC[C@@H]2CN(Cc3ccccc3)CCO2)cc1. The van der Waals surface area contributed by atoms with Crippen molar-refractivity contribution in [3.63, 3.8) is 0 Å². The Kier molecular flexibility index (Phi) is 6.69. The van der Waals surface area contributed by atoms with E-state index in [9.17, 15) is 10.1 Å². The van der Waals surface area contributed by atoms with Gasteiger partial charge in [0.05, 0.1) is 17.6 Å². The highest BCUT2D eigenvalue weighted by molar-refractivity contribution is 7.80. The Bertz CT molecular complexity index is 770. The second-order valence-electron chi connectivity index (χ2n) is 6.35. The Hall–Kier alpha value is -2.55. The number of nitrogens with zero attached hydrogens (tertiary/aromatic N) is 2. The third-order valence-corrected chi connectivity index (χ3v) is 4.54. The molecule has 1 fully saturated rings. The van der Waals surface area contributed by atoms with Crippen molar-refractivity contribution >= 4 is 28.7 Å². The average molecular weight is 386 g/mol. The second kappa shape index (κ2) is 9.40. The number of rotatable bonds is 6. The maximum absolute atomic E-state index is 10.7. The molecule has 142 valence electrons. The Labute approximate surface area is 163 Å². The molecular weight excluding hydrogens is 364 g/mol. The Morgan fingerprint density at radius 1 is 1.22 bits per heavy atom. The molecule has 3 rings (SSSR count). The number of morpholine rings is 1. The maximum Gasteiger partial charge on any atom is 0.269 e. The summed E-state index contributed by atoms with van der Waals surface area (Å²) in [5, 5.41) is 17.3. The van der Waals surface area contributed by atoms with Crippen LogP contribution in [0.25, 0.3) is 0 Å². The minimum atomic E-state index is -0.429. The summed E-state index contributed by atoms with van der Waals surface area (Å²) in [6.07, 6.45) is 0.0547. The van der Waals surface area contributed by atoms with Crippen LogP contribution in [0.4, 0.5) is 11.4 Å². The van der Waals surface area contributed by atoms with Gasteiger partial charge in [0.25, 0.3) is 5.69 Å². The molecule has 1 aliphatic rings. The zero-order valence-electron chi connectivity index (χ0n) is 14.8. The number of benzene rings is 2. The molecule has 0 aliphatic carbocycles. The quantitative estimate of drug-likeness (QED) is 0.449. The number of thiocarbonyl (C=S) groups is 1. The zero-order chi connectivity index (χ0) is 19.1. The molecule has 0 saturated carbocycles. The first-order valence-corrected chi connectivity index (χ1v) is 9.18. The van der Waals surface area contributed by atoms with Crippen molar-refractivity contribution in [2.45, 2.75) is 12.6 Å². The van der Waals surface area contributed by atoms with Gasteiger partial charge in [0.2, 0.25) is 0 Å². The molecular formula is C19H22N4O3S. The number of nitro groups is 1. The molecule has 0 amide bonds. The van der Waals surface area contributed by atoms with Crippen LogP contribution >= 0.6 is 12.2 Å². The molecule has 27 heavy (non-hydrogen) atoms. The number of nitro benzene ring substituents is 1. The summed E-state index contributed by atoms with van der Waals surface area (Å²) in [5.74, 6) is 0. The van der Waals surface area contributed by atoms with Crippen molar-refractivity contribution in [2.75, 3.05) is 31.6 Å². The van der Waals surface area contributed by atoms with Gasteiger partial charge in [0.15, 0.2) is 5.11 Å². The molecule has 0 unspecified atom stereocenters. The van der Waals surface area contributed by atoms with Crippen LogP contribution in [-0.4, -0.2) is 47.3 Å². The van der Waals surface area contributed by atoms with Gasteiger partial charge >= 0.3 is 0 Å². The predicted molar refractivity (Wildman–Crippen MR) is 109 cm³/mol. The summed E-state index contributed by atoms with van der Waals surface area (Å²) in [4.78, 5) is 12.6. The molecule has 0 aromatic heterocycles. The lowest BCUT2D eigenvalue weighted by Crippen LogP contribution is -2.47. The summed E-state index contributed by atoms with van der Waals surface area (Å²) in [6, 6.07) is 16.5. The van der Waals surface area contributed by atoms with Crippen molar-refractivity contribution in [3.05, 3.63) is 70.3 Å². The van der Waals surface area contributed by atoms with E-state index in [1.54, 1.807) is 12.1 Å². The summed E-state index contributed by atoms with van der Waals surface area (Å²) in [6.45, 7) is 3.96. The minimum absolute atomic E-state index is 0.0496. The van der Waals surface area contributed by atoms with Gasteiger partial charge in [-0.05, 0) is 29.9 Å². The first-order chi connectivity index (χ1) is 13.1. The lowest BCUT2D eigenvalue weighted by molar-refractivity contribution is -0.384. The standard InChI is InChI=1S/C19H22N4O3S/c24-23(25)17-8-6-16(7-9-17)21-19(27)20-12-18-14-22(10-11-26-18)13-15-4-2-1-3-5-15/h1-9,18H,10-14H2,(H2,20,21,27)/t18-/m1/s1. The normalized spacial score (nSPS) is 17.3. The lowest BCUT2D eigenvalue weighted by atomic mass is 10.2. The molecule has 7 nitrogen and oxygen atoms in total. The van der Waals surface area contributed by atoms with E-state index in [0.717, 1.165) is 19.6 Å². The summed E-state index contributed by atoms with van der Waals surface area (Å²) < 4.78 is 5.82. The van der Waals surface area contributed by atoms with E-state index < -0.39 is 4.92 Å². The van der Waals surface area contributed by atoms with Gasteiger partial charge < -0.3 is 15.4 Å². The fourth-order valence-corrected chi connectivity index (χ4v) is 3.14. The van der Waals surface area contributed by atoms with E-state index >= 15 is 0 Å². The van der Waals surface area contributed by atoms with Crippen LogP contribution in [0.2, 0.25) is 0 Å². The number of nitrogens with one attached hydrogen (secondary N) is 2. The highest BCUT2D eigenvalue weighted by atomic mass is 32.1. The van der Waals surface area contributed by atoms with Crippen molar-refractivity contribution < 1.29 is 9.66 Å². The fourth-order valence-electron chi connectivity index (χ4n) is 2.94. The molecule has 8 heteroatoms. The monoisotopic (exact) mass is 386 g/mol. The molecule has 0 radical (unpaired) electrons. The summed E-state index contributed by atoms with van der Waals surface area (Å²) >= 11 is 5.30. The van der Waals surface area contributed by atoms with Gasteiger partial charge in [0, 0.05) is 44.0 Å². The van der Waals surface area contributed by atoms with E-state index in [1.165, 1.54) is 17.7 Å². The van der Waals surface area contributed by atoms with E-state index in [2.05, 4.69) is 39.8 Å². The number of anilines is 1. The average Bonchev–Trinajstić information content (AvgIpc) is 2.68. The Balaban J connectivity index is 1.43. The van der Waals surface area contributed by atoms with Crippen LogP contribution in [0, 0.1) is 10.1 Å². The van der Waals surface area contributed by atoms with Gasteiger partial charge in [-0.2, -0.15) is 0 Å². The van der Waals surface area contributed by atoms with Crippen molar-refractivity contribution in [1.82, 2.24) is 10.2 Å². The van der Waals surface area contributed by atoms with Crippen molar-refractivity contribution in [3.8, 4) is 0 Å². The number of ether oxygens (including phenoxy) is 1. The van der Waals surface area contributed by atoms with Gasteiger partial charge in [-0.3, -0.25) is 15.0 Å². The Morgan fingerprint density at radius 3 is 2.67 bits per heavy atom. The van der Waals surface area contributed by atoms with Crippen LogP contribution < -0.4 is 10.6 Å². The summed E-state index contributed by atoms with van der Waals surface area (Å²) in [5.41, 5.74) is 2.04. The molecule has 1 aliphatic heterocycles. The molecule has 2 aromatic carbocycles. The van der Waals surface area contributed by atoms with E-state index in [1.807, 2.05) is 6.07 Å². The van der Waals surface area contributed by atoms with Gasteiger partial charge in [0.1, 0.15) is 0 Å². The Morgan fingerprint density at radius 2 is 1.96 bits per heavy atom. The molecule has 2 aromatic rings. The van der Waals surface area contributed by atoms with Gasteiger partial charge in [-0.15, -0.1) is 0 Å². The molecule has 1 atom stereocenters. The summed E-state index contributed by atoms with van der Waals surface area (Å²) in [7, 11) is 0. The number of hydrogen-bond donors (Lipinski definition) is 2. The molecule has 0 spiro atoms. The van der Waals surface area contributed by atoms with Gasteiger partial charge in [-0.25, -0.2) is 0 Å². The van der Waals surface area contributed by atoms with Crippen LogP contribution in [0.3, 0.4) is 0 Å². The van der Waals surface area contributed by atoms with Gasteiger partial charge in [-0.1, -0.05) is 30.3 Å². The molecule has 2 N–H and O–H groups in total. The van der Waals surface area contributed by atoms with Crippen LogP contribution in [0.15, 0.2) is 54.6 Å². The third-order valence-electron chi connectivity index (χ3n) is 4.30. The smallest absolute Gasteiger partial charge is 0.269 e. The van der Waals surface area contributed by atoms with Crippen LogP contribution in [-0.2, 0) is 11.3 Å². The number of hydrogen-bond acceptors (Lipinski definition) is 5. The van der Waals surface area contributed by atoms with Crippen LogP contribution in [0.1, 0.15) is 5.56 Å². The fraction of sp³-hybridized carbons (Fsp3) is 0.316. The van der Waals surface area contributed by atoms with Crippen LogP contribution in [0.5, 0.6) is 0 Å².